The van der Waals surface area contributed by atoms with Crippen LogP contribution in [0.25, 0.3) is 0 Å². The zero-order valence-electron chi connectivity index (χ0n) is 20.8. The van der Waals surface area contributed by atoms with E-state index in [0.717, 1.165) is 45.6 Å². The largest absolute Gasteiger partial charge is 0.249 e. The molecule has 4 heteroatoms. The molecule has 8 bridgehead atoms. The quantitative estimate of drug-likeness (QED) is 0.400. The van der Waals surface area contributed by atoms with E-state index < -0.39 is 0 Å². The van der Waals surface area contributed by atoms with Gasteiger partial charge in [0.2, 0.25) is 0 Å². The van der Waals surface area contributed by atoms with E-state index in [1.807, 2.05) is 0 Å². The van der Waals surface area contributed by atoms with Crippen molar-refractivity contribution in [1.29, 1.82) is 0 Å². The van der Waals surface area contributed by atoms with Crippen molar-refractivity contribution >= 4 is 22.8 Å². The summed E-state index contributed by atoms with van der Waals surface area (Å²) in [5.41, 5.74) is 10.8. The van der Waals surface area contributed by atoms with Crippen LogP contribution in [0.5, 0.6) is 0 Å². The van der Waals surface area contributed by atoms with Crippen molar-refractivity contribution in [2.45, 2.75) is 64.2 Å². The third-order valence-electron chi connectivity index (χ3n) is 8.37. The van der Waals surface area contributed by atoms with Crippen molar-refractivity contribution in [1.82, 2.24) is 0 Å². The number of nitrogens with zero attached hydrogens (tertiary/aromatic N) is 4. The fraction of sp³-hybridized carbons (Fsp3) is 0.375. The van der Waals surface area contributed by atoms with Gasteiger partial charge in [0, 0.05) is 11.1 Å². The molecule has 0 aromatic heterocycles. The van der Waals surface area contributed by atoms with Crippen molar-refractivity contribution in [3.05, 3.63) is 94.7 Å². The van der Waals surface area contributed by atoms with Crippen LogP contribution in [-0.4, -0.2) is 22.8 Å². The van der Waals surface area contributed by atoms with E-state index in [2.05, 4.69) is 60.8 Å². The van der Waals surface area contributed by atoms with Gasteiger partial charge in [-0.25, -0.2) is 20.0 Å². The van der Waals surface area contributed by atoms with E-state index in [1.54, 1.807) is 0 Å². The van der Waals surface area contributed by atoms with Crippen LogP contribution in [-0.2, 0) is 0 Å². The molecule has 0 atom stereocenters. The summed E-state index contributed by atoms with van der Waals surface area (Å²) < 4.78 is 0. The van der Waals surface area contributed by atoms with Gasteiger partial charge in [0.15, 0.2) is 0 Å². The number of hydrogen-bond acceptors (Lipinski definition) is 4. The summed E-state index contributed by atoms with van der Waals surface area (Å²) >= 11 is 0. The lowest BCUT2D eigenvalue weighted by Gasteiger charge is -2.25. The molecule has 5 aliphatic heterocycles. The summed E-state index contributed by atoms with van der Waals surface area (Å²) in [6.07, 6.45) is 34.2. The van der Waals surface area contributed by atoms with Gasteiger partial charge < -0.3 is 0 Å². The third kappa shape index (κ3) is 4.13. The van der Waals surface area contributed by atoms with Crippen molar-refractivity contribution < 1.29 is 0 Å². The summed E-state index contributed by atoms with van der Waals surface area (Å²) in [7, 11) is 0. The molecule has 7 rings (SSSR count). The maximum Gasteiger partial charge on any atom is 0.0694 e. The molecule has 0 N–H and O–H groups in total. The van der Waals surface area contributed by atoms with Crippen molar-refractivity contribution in [2.75, 3.05) is 0 Å². The molecule has 2 fully saturated rings. The predicted octanol–water partition coefficient (Wildman–Crippen LogP) is 7.48. The molecule has 0 amide bonds. The highest BCUT2D eigenvalue weighted by Crippen LogP contribution is 2.38. The lowest BCUT2D eigenvalue weighted by molar-refractivity contribution is 0.410. The minimum Gasteiger partial charge on any atom is -0.249 e. The number of fused-ring (bicyclic) bond motifs is 4. The molecule has 180 valence electrons. The highest BCUT2D eigenvalue weighted by atomic mass is 14.9. The number of allylic oxidation sites excluding steroid dienone is 12. The average Bonchev–Trinajstić information content (AvgIpc) is 3.72. The molecule has 0 radical (unpaired) electrons. The van der Waals surface area contributed by atoms with Crippen LogP contribution in [0.3, 0.4) is 0 Å². The molecular formula is C32H32N4. The maximum absolute atomic E-state index is 5.08. The monoisotopic (exact) mass is 472 g/mol. The molecule has 0 aromatic rings. The second-order valence-corrected chi connectivity index (χ2v) is 10.8. The molecular weight excluding hydrogens is 440 g/mol. The maximum atomic E-state index is 5.08. The van der Waals surface area contributed by atoms with Gasteiger partial charge in [0.25, 0.3) is 0 Å². The molecule has 0 spiro atoms. The minimum atomic E-state index is 0.517. The Morgan fingerprint density at radius 2 is 0.889 bits per heavy atom. The number of rotatable bonds is 2. The van der Waals surface area contributed by atoms with Crippen molar-refractivity contribution in [3.8, 4) is 0 Å². The molecule has 0 aromatic carbocycles. The highest BCUT2D eigenvalue weighted by Gasteiger charge is 2.28. The van der Waals surface area contributed by atoms with Crippen LogP contribution in [0.4, 0.5) is 0 Å². The number of aliphatic imine (C=N–C) groups is 4. The molecule has 0 unspecified atom stereocenters. The summed E-state index contributed by atoms with van der Waals surface area (Å²) in [5.74, 6) is 1.03. The minimum absolute atomic E-state index is 0.517. The molecule has 0 saturated heterocycles. The second-order valence-electron chi connectivity index (χ2n) is 10.8. The number of hydrogen-bond donors (Lipinski definition) is 0. The molecule has 4 nitrogen and oxygen atoms in total. The summed E-state index contributed by atoms with van der Waals surface area (Å²) in [6, 6.07) is 0. The average molecular weight is 473 g/mol. The normalized spacial score (nSPS) is 25.9. The van der Waals surface area contributed by atoms with Crippen LogP contribution in [0.2, 0.25) is 0 Å². The first-order valence-corrected chi connectivity index (χ1v) is 13.8. The Morgan fingerprint density at radius 3 is 1.33 bits per heavy atom. The smallest absolute Gasteiger partial charge is 0.0694 e. The topological polar surface area (TPSA) is 49.4 Å². The van der Waals surface area contributed by atoms with E-state index in [9.17, 15) is 0 Å². The predicted molar refractivity (Wildman–Crippen MR) is 150 cm³/mol. The van der Waals surface area contributed by atoms with E-state index in [4.69, 9.17) is 20.0 Å². The van der Waals surface area contributed by atoms with E-state index in [1.165, 1.54) is 75.4 Å². The summed E-state index contributed by atoms with van der Waals surface area (Å²) in [4.78, 5) is 20.3. The van der Waals surface area contributed by atoms with E-state index >= 15 is 0 Å². The van der Waals surface area contributed by atoms with Crippen molar-refractivity contribution in [3.63, 3.8) is 0 Å². The van der Waals surface area contributed by atoms with Gasteiger partial charge in [0.05, 0.1) is 45.6 Å². The van der Waals surface area contributed by atoms with Crippen LogP contribution >= 0.6 is 0 Å². The Bertz CT molecular complexity index is 1260. The van der Waals surface area contributed by atoms with E-state index in [0.29, 0.717) is 11.8 Å². The van der Waals surface area contributed by atoms with Gasteiger partial charge in [-0.05, 0) is 98.3 Å². The van der Waals surface area contributed by atoms with Crippen LogP contribution in [0.15, 0.2) is 115 Å². The Kier molecular flexibility index (Phi) is 5.61. The third-order valence-corrected chi connectivity index (χ3v) is 8.37. The SMILES string of the molecule is C1=CC2=NC1=CC1=NC(=C(C3CCCCC3)C3=NC(=CC4=NC(=C2C2CCCCC2)C=C4)C=C3)C=C1. The van der Waals surface area contributed by atoms with Gasteiger partial charge >= 0.3 is 0 Å². The zero-order chi connectivity index (χ0) is 23.9. The fourth-order valence-electron chi connectivity index (χ4n) is 6.62. The Labute approximate surface area is 213 Å². The first kappa shape index (κ1) is 21.8. The van der Waals surface area contributed by atoms with Gasteiger partial charge in [-0.1, -0.05) is 38.5 Å². The van der Waals surface area contributed by atoms with Crippen LogP contribution in [0.1, 0.15) is 64.2 Å². The molecule has 7 aliphatic rings. The highest BCUT2D eigenvalue weighted by molar-refractivity contribution is 6.17. The van der Waals surface area contributed by atoms with Gasteiger partial charge in [-0.3, -0.25) is 0 Å². The Morgan fingerprint density at radius 1 is 0.444 bits per heavy atom. The van der Waals surface area contributed by atoms with Gasteiger partial charge in [-0.2, -0.15) is 0 Å². The van der Waals surface area contributed by atoms with E-state index in [-0.39, 0.29) is 0 Å². The second kappa shape index (κ2) is 9.24. The van der Waals surface area contributed by atoms with Crippen molar-refractivity contribution in [2.24, 2.45) is 31.8 Å². The lowest BCUT2D eigenvalue weighted by Crippen LogP contribution is -2.16. The zero-order valence-corrected chi connectivity index (χ0v) is 20.8. The fourth-order valence-corrected chi connectivity index (χ4v) is 6.62. The van der Waals surface area contributed by atoms with Gasteiger partial charge in [0.1, 0.15) is 0 Å². The Balaban J connectivity index is 1.37. The first-order valence-electron chi connectivity index (χ1n) is 13.8. The van der Waals surface area contributed by atoms with Crippen LogP contribution < -0.4 is 0 Å². The molecule has 5 heterocycles. The lowest BCUT2D eigenvalue weighted by atomic mass is 9.81. The molecule has 2 aliphatic carbocycles. The Hall–Kier alpha value is -3.40. The first-order chi connectivity index (χ1) is 17.8. The molecule has 36 heavy (non-hydrogen) atoms. The van der Waals surface area contributed by atoms with Gasteiger partial charge in [-0.15, -0.1) is 0 Å². The summed E-state index contributed by atoms with van der Waals surface area (Å²) in [5, 5.41) is 0. The summed E-state index contributed by atoms with van der Waals surface area (Å²) in [6.45, 7) is 0. The van der Waals surface area contributed by atoms with Crippen LogP contribution in [0, 0.1) is 11.8 Å². The standard InChI is InChI=1S/C32H32N4/c1-3-7-21(8-4-1)31-27-15-11-23(33-27)19-25-13-17-29(35-25)32(22-9-5-2-6-10-22)30-18-14-26(36-30)20-24-12-16-28(31)34-24/h11-22H,1-10H2. The molecule has 2 saturated carbocycles.